The van der Waals surface area contributed by atoms with Crippen LogP contribution in [0.25, 0.3) is 6.08 Å². The summed E-state index contributed by atoms with van der Waals surface area (Å²) in [5.74, 6) is -0.720. The predicted molar refractivity (Wildman–Crippen MR) is 97.7 cm³/mol. The lowest BCUT2D eigenvalue weighted by atomic mass is 10.1. The first-order valence-electron chi connectivity index (χ1n) is 8.13. The Morgan fingerprint density at radius 3 is 2.46 bits per heavy atom. The zero-order valence-electron chi connectivity index (χ0n) is 14.9. The van der Waals surface area contributed by atoms with Crippen molar-refractivity contribution in [2.45, 2.75) is 26.9 Å². The van der Waals surface area contributed by atoms with Crippen molar-refractivity contribution >= 4 is 17.9 Å². The first-order chi connectivity index (χ1) is 12.4. The van der Waals surface area contributed by atoms with E-state index in [-0.39, 0.29) is 5.82 Å². The molecule has 0 unspecified atom stereocenters. The summed E-state index contributed by atoms with van der Waals surface area (Å²) < 4.78 is 18.5. The Morgan fingerprint density at radius 2 is 1.77 bits per heavy atom. The smallest absolute Gasteiger partial charge is 0.279 e. The van der Waals surface area contributed by atoms with Gasteiger partial charge in [0, 0.05) is 6.08 Å². The lowest BCUT2D eigenvalue weighted by Crippen LogP contribution is -2.46. The zero-order valence-corrected chi connectivity index (χ0v) is 14.9. The Kier molecular flexibility index (Phi) is 6.49. The molecule has 0 spiro atoms. The summed E-state index contributed by atoms with van der Waals surface area (Å²) >= 11 is 0. The van der Waals surface area contributed by atoms with Crippen molar-refractivity contribution in [3.8, 4) is 5.75 Å². The summed E-state index contributed by atoms with van der Waals surface area (Å²) in [7, 11) is 0. The van der Waals surface area contributed by atoms with Crippen LogP contribution in [0.4, 0.5) is 4.39 Å². The van der Waals surface area contributed by atoms with Crippen LogP contribution in [0.2, 0.25) is 0 Å². The van der Waals surface area contributed by atoms with Crippen LogP contribution < -0.4 is 15.6 Å². The average Bonchev–Trinajstić information content (AvgIpc) is 2.63. The molecule has 0 aliphatic carbocycles. The summed E-state index contributed by atoms with van der Waals surface area (Å²) in [6.45, 7) is 5.47. The number of nitrogens with one attached hydrogen (secondary N) is 2. The number of hydrogen-bond donors (Lipinski definition) is 2. The maximum absolute atomic E-state index is 12.8. The standard InChI is InChI=1S/C20H21FN2O3/c1-13-5-4-6-18(14(13)2)26-15(3)20(25)23-22-19(24)12-9-16-7-10-17(21)11-8-16/h4-12,15H,1-3H3,(H,22,24)(H,23,25)/b12-9-/t15-/m0/s1. The van der Waals surface area contributed by atoms with Crippen molar-refractivity contribution in [1.29, 1.82) is 0 Å². The van der Waals surface area contributed by atoms with Gasteiger partial charge in [0.05, 0.1) is 0 Å². The number of ether oxygens (including phenoxy) is 1. The number of hydrogen-bond acceptors (Lipinski definition) is 3. The van der Waals surface area contributed by atoms with Crippen molar-refractivity contribution in [2.24, 2.45) is 0 Å². The summed E-state index contributed by atoms with van der Waals surface area (Å²) in [6.07, 6.45) is 1.97. The molecule has 0 fully saturated rings. The van der Waals surface area contributed by atoms with Gasteiger partial charge in [-0.05, 0) is 61.7 Å². The van der Waals surface area contributed by atoms with Crippen LogP contribution in [0.5, 0.6) is 5.75 Å². The molecule has 0 aliphatic rings. The average molecular weight is 356 g/mol. The van der Waals surface area contributed by atoms with Gasteiger partial charge in [-0.2, -0.15) is 0 Å². The third-order valence-corrected chi connectivity index (χ3v) is 3.83. The van der Waals surface area contributed by atoms with Crippen LogP contribution in [-0.2, 0) is 9.59 Å². The normalized spacial score (nSPS) is 11.8. The van der Waals surface area contributed by atoms with E-state index < -0.39 is 17.9 Å². The van der Waals surface area contributed by atoms with Crippen LogP contribution in [0.3, 0.4) is 0 Å². The number of hydrazine groups is 1. The Hall–Kier alpha value is -3.15. The summed E-state index contributed by atoms with van der Waals surface area (Å²) in [5, 5.41) is 0. The molecule has 0 bridgehead atoms. The first kappa shape index (κ1) is 19.2. The molecule has 2 N–H and O–H groups in total. The lowest BCUT2D eigenvalue weighted by Gasteiger charge is -2.17. The maximum atomic E-state index is 12.8. The van der Waals surface area contributed by atoms with Crippen molar-refractivity contribution < 1.29 is 18.7 Å². The third-order valence-electron chi connectivity index (χ3n) is 3.83. The van der Waals surface area contributed by atoms with Crippen LogP contribution in [0, 0.1) is 19.7 Å². The van der Waals surface area contributed by atoms with Crippen LogP contribution in [0.15, 0.2) is 48.5 Å². The molecular weight excluding hydrogens is 335 g/mol. The van der Waals surface area contributed by atoms with Crippen molar-refractivity contribution in [1.82, 2.24) is 10.9 Å². The van der Waals surface area contributed by atoms with Gasteiger partial charge in [-0.3, -0.25) is 20.4 Å². The SMILES string of the molecule is Cc1cccc(O[C@@H](C)C(=O)NNC(=O)/C=C\c2ccc(F)cc2)c1C. The number of aryl methyl sites for hydroxylation is 1. The number of halogens is 1. The molecule has 6 heteroatoms. The van der Waals surface area contributed by atoms with E-state index in [1.54, 1.807) is 13.0 Å². The minimum Gasteiger partial charge on any atom is -0.481 e. The molecule has 2 amide bonds. The molecule has 2 rings (SSSR count). The van der Waals surface area contributed by atoms with Crippen molar-refractivity contribution in [2.75, 3.05) is 0 Å². The number of carbonyl (C=O) groups excluding carboxylic acids is 2. The topological polar surface area (TPSA) is 67.4 Å². The van der Waals surface area contributed by atoms with E-state index in [9.17, 15) is 14.0 Å². The van der Waals surface area contributed by atoms with Gasteiger partial charge >= 0.3 is 0 Å². The Balaban J connectivity index is 1.84. The van der Waals surface area contributed by atoms with E-state index >= 15 is 0 Å². The highest BCUT2D eigenvalue weighted by atomic mass is 19.1. The highest BCUT2D eigenvalue weighted by Crippen LogP contribution is 2.21. The van der Waals surface area contributed by atoms with E-state index in [0.29, 0.717) is 11.3 Å². The van der Waals surface area contributed by atoms with Crippen LogP contribution >= 0.6 is 0 Å². The molecule has 2 aromatic carbocycles. The molecule has 26 heavy (non-hydrogen) atoms. The number of carbonyl (C=O) groups is 2. The summed E-state index contributed by atoms with van der Waals surface area (Å²) in [5.41, 5.74) is 7.27. The molecule has 0 aliphatic heterocycles. The molecule has 1 atom stereocenters. The molecule has 0 saturated carbocycles. The Bertz CT molecular complexity index is 816. The molecule has 0 radical (unpaired) electrons. The second-order valence-electron chi connectivity index (χ2n) is 5.82. The quantitative estimate of drug-likeness (QED) is 0.639. The monoisotopic (exact) mass is 356 g/mol. The van der Waals surface area contributed by atoms with Gasteiger partial charge in [0.2, 0.25) is 0 Å². The molecule has 5 nitrogen and oxygen atoms in total. The minimum atomic E-state index is -0.781. The Labute approximate surface area is 151 Å². The number of rotatable bonds is 5. The zero-order chi connectivity index (χ0) is 19.1. The van der Waals surface area contributed by atoms with E-state index in [1.807, 2.05) is 26.0 Å². The van der Waals surface area contributed by atoms with E-state index in [1.165, 1.54) is 36.4 Å². The largest absolute Gasteiger partial charge is 0.481 e. The molecular formula is C20H21FN2O3. The second-order valence-corrected chi connectivity index (χ2v) is 5.82. The highest BCUT2D eigenvalue weighted by molar-refractivity contribution is 5.93. The fraction of sp³-hybridized carbons (Fsp3) is 0.200. The van der Waals surface area contributed by atoms with Crippen LogP contribution in [-0.4, -0.2) is 17.9 Å². The molecule has 0 aromatic heterocycles. The first-order valence-corrected chi connectivity index (χ1v) is 8.13. The summed E-state index contributed by atoms with van der Waals surface area (Å²) in [6, 6.07) is 11.3. The van der Waals surface area contributed by atoms with E-state index in [2.05, 4.69) is 10.9 Å². The predicted octanol–water partition coefficient (Wildman–Crippen LogP) is 3.07. The highest BCUT2D eigenvalue weighted by Gasteiger charge is 2.16. The van der Waals surface area contributed by atoms with E-state index in [4.69, 9.17) is 4.74 Å². The number of benzene rings is 2. The van der Waals surface area contributed by atoms with Gasteiger partial charge in [0.15, 0.2) is 6.10 Å². The molecule has 0 saturated heterocycles. The fourth-order valence-electron chi connectivity index (χ4n) is 2.11. The summed E-state index contributed by atoms with van der Waals surface area (Å²) in [4.78, 5) is 23.8. The minimum absolute atomic E-state index is 0.350. The van der Waals surface area contributed by atoms with Crippen molar-refractivity contribution in [3.63, 3.8) is 0 Å². The molecule has 136 valence electrons. The van der Waals surface area contributed by atoms with Gasteiger partial charge in [0.1, 0.15) is 11.6 Å². The van der Waals surface area contributed by atoms with Gasteiger partial charge in [-0.25, -0.2) is 4.39 Å². The fourth-order valence-corrected chi connectivity index (χ4v) is 2.11. The second kappa shape index (κ2) is 8.80. The van der Waals surface area contributed by atoms with Gasteiger partial charge in [0.25, 0.3) is 11.8 Å². The van der Waals surface area contributed by atoms with E-state index in [0.717, 1.165) is 11.1 Å². The van der Waals surface area contributed by atoms with Gasteiger partial charge in [-0.15, -0.1) is 0 Å². The lowest BCUT2D eigenvalue weighted by molar-refractivity contribution is -0.131. The Morgan fingerprint density at radius 1 is 1.08 bits per heavy atom. The molecule has 0 heterocycles. The third kappa shape index (κ3) is 5.44. The maximum Gasteiger partial charge on any atom is 0.279 e. The molecule has 2 aromatic rings. The number of amides is 2. The van der Waals surface area contributed by atoms with Gasteiger partial charge in [-0.1, -0.05) is 24.3 Å². The van der Waals surface area contributed by atoms with Crippen LogP contribution in [0.1, 0.15) is 23.6 Å². The van der Waals surface area contributed by atoms with Crippen molar-refractivity contribution in [3.05, 3.63) is 71.0 Å². The van der Waals surface area contributed by atoms with Gasteiger partial charge < -0.3 is 4.74 Å².